The van der Waals surface area contributed by atoms with Crippen LogP contribution in [0.3, 0.4) is 0 Å². The first kappa shape index (κ1) is 27.4. The topological polar surface area (TPSA) is 86.3 Å². The van der Waals surface area contributed by atoms with Gasteiger partial charge in [0.2, 0.25) is 5.95 Å². The van der Waals surface area contributed by atoms with E-state index in [1.807, 2.05) is 42.5 Å². The number of amides is 1. The highest BCUT2D eigenvalue weighted by Crippen LogP contribution is 2.21. The van der Waals surface area contributed by atoms with Crippen LogP contribution in [0.15, 0.2) is 85.0 Å². The minimum absolute atomic E-state index is 0. The van der Waals surface area contributed by atoms with Crippen LogP contribution >= 0.6 is 12.4 Å². The van der Waals surface area contributed by atoms with Crippen molar-refractivity contribution in [2.75, 3.05) is 38.5 Å². The number of benzene rings is 1. The lowest BCUT2D eigenvalue weighted by Gasteiger charge is -2.32. The number of carbonyl (C=O) groups excluding carboxylic acids is 1. The number of carbonyl (C=O) groups is 1. The number of piperazine rings is 1. The highest BCUT2D eigenvalue weighted by Gasteiger charge is 2.20. The number of anilines is 1. The van der Waals surface area contributed by atoms with Gasteiger partial charge in [0, 0.05) is 68.1 Å². The van der Waals surface area contributed by atoms with Gasteiger partial charge in [-0.3, -0.25) is 14.7 Å². The molecule has 5 rings (SSSR count). The van der Waals surface area contributed by atoms with Crippen LogP contribution in [0.4, 0.5) is 5.95 Å². The Labute approximate surface area is 230 Å². The standard InChI is InChI=1S/C29H33N7O.ClH/c1-21-5-10-25(18-27(21)34-29-31-13-11-26(33-29)24-4-3-12-30-19-24)32-28(37)23-8-6-22(7-9-23)20-36-16-14-35(2)15-17-36;/h3-13,18-19,21,27H,14-17,20H2,1-2H3,(H,32,37)(H,31,33,34);1H. The van der Waals surface area contributed by atoms with Crippen LogP contribution in [0.25, 0.3) is 11.3 Å². The van der Waals surface area contributed by atoms with Crippen molar-refractivity contribution >= 4 is 24.3 Å². The normalized spacial score (nSPS) is 19.8. The lowest BCUT2D eigenvalue weighted by atomic mass is 9.95. The summed E-state index contributed by atoms with van der Waals surface area (Å²) in [6.45, 7) is 7.38. The monoisotopic (exact) mass is 531 g/mol. The minimum Gasteiger partial charge on any atom is -0.347 e. The summed E-state index contributed by atoms with van der Waals surface area (Å²) in [6, 6.07) is 13.6. The molecule has 38 heavy (non-hydrogen) atoms. The van der Waals surface area contributed by atoms with Crippen LogP contribution in [-0.2, 0) is 6.54 Å². The van der Waals surface area contributed by atoms with Gasteiger partial charge in [0.25, 0.3) is 5.91 Å². The molecule has 2 unspecified atom stereocenters. The Balaban J connectivity index is 0.00000336. The molecule has 0 spiro atoms. The van der Waals surface area contributed by atoms with Gasteiger partial charge in [-0.15, -0.1) is 12.4 Å². The van der Waals surface area contributed by atoms with Crippen molar-refractivity contribution < 1.29 is 4.79 Å². The number of pyridine rings is 1. The van der Waals surface area contributed by atoms with E-state index in [9.17, 15) is 4.79 Å². The Hall–Kier alpha value is -3.59. The van der Waals surface area contributed by atoms with E-state index in [0.717, 1.165) is 49.7 Å². The zero-order valence-electron chi connectivity index (χ0n) is 21.7. The van der Waals surface area contributed by atoms with Gasteiger partial charge >= 0.3 is 0 Å². The van der Waals surface area contributed by atoms with Crippen LogP contribution in [0.2, 0.25) is 0 Å². The molecule has 9 heteroatoms. The first-order chi connectivity index (χ1) is 18.0. The average molecular weight is 532 g/mol. The maximum absolute atomic E-state index is 12.9. The number of nitrogens with zero attached hydrogens (tertiary/aromatic N) is 5. The highest BCUT2D eigenvalue weighted by molar-refractivity contribution is 5.95. The third-order valence-corrected chi connectivity index (χ3v) is 6.89. The summed E-state index contributed by atoms with van der Waals surface area (Å²) in [5.74, 6) is 0.622. The fourth-order valence-corrected chi connectivity index (χ4v) is 4.51. The van der Waals surface area contributed by atoms with E-state index >= 15 is 0 Å². The van der Waals surface area contributed by atoms with Crippen molar-refractivity contribution in [3.05, 3.63) is 96.1 Å². The van der Waals surface area contributed by atoms with Gasteiger partial charge in [0.05, 0.1) is 11.7 Å². The molecule has 2 atom stereocenters. The molecular formula is C29H34ClN7O. The first-order valence-corrected chi connectivity index (χ1v) is 12.7. The third-order valence-electron chi connectivity index (χ3n) is 6.89. The number of nitrogens with one attached hydrogen (secondary N) is 2. The molecule has 1 aliphatic heterocycles. The minimum atomic E-state index is -0.120. The Morgan fingerprint density at radius 1 is 1.05 bits per heavy atom. The molecule has 0 radical (unpaired) electrons. The molecule has 2 aromatic heterocycles. The lowest BCUT2D eigenvalue weighted by molar-refractivity contribution is 0.0966. The summed E-state index contributed by atoms with van der Waals surface area (Å²) in [5.41, 5.74) is 4.36. The van der Waals surface area contributed by atoms with E-state index in [0.29, 0.717) is 11.5 Å². The fraction of sp³-hybridized carbons (Fsp3) is 0.310. The summed E-state index contributed by atoms with van der Waals surface area (Å²) in [4.78, 5) is 31.0. The molecule has 3 aromatic rings. The number of halogens is 1. The smallest absolute Gasteiger partial charge is 0.255 e. The van der Waals surface area contributed by atoms with E-state index in [1.54, 1.807) is 18.6 Å². The zero-order chi connectivity index (χ0) is 25.6. The maximum atomic E-state index is 12.9. The van der Waals surface area contributed by atoms with Crippen molar-refractivity contribution in [2.24, 2.45) is 5.92 Å². The summed E-state index contributed by atoms with van der Waals surface area (Å²) >= 11 is 0. The van der Waals surface area contributed by atoms with E-state index < -0.39 is 0 Å². The molecule has 1 amide bonds. The van der Waals surface area contributed by atoms with Crippen molar-refractivity contribution in [1.82, 2.24) is 30.1 Å². The Morgan fingerprint density at radius 3 is 2.58 bits per heavy atom. The van der Waals surface area contributed by atoms with E-state index in [1.165, 1.54) is 5.56 Å². The molecule has 0 saturated carbocycles. The van der Waals surface area contributed by atoms with Gasteiger partial charge in [0.1, 0.15) is 0 Å². The number of allylic oxidation sites excluding steroid dienone is 1. The average Bonchev–Trinajstić information content (AvgIpc) is 2.93. The van der Waals surface area contributed by atoms with Gasteiger partial charge in [0.15, 0.2) is 0 Å². The van der Waals surface area contributed by atoms with Crippen molar-refractivity contribution in [1.29, 1.82) is 0 Å². The molecule has 8 nitrogen and oxygen atoms in total. The van der Waals surface area contributed by atoms with Gasteiger partial charge in [-0.2, -0.15) is 0 Å². The molecular weight excluding hydrogens is 498 g/mol. The lowest BCUT2D eigenvalue weighted by Crippen LogP contribution is -2.43. The Kier molecular flexibility index (Phi) is 9.23. The van der Waals surface area contributed by atoms with Crippen LogP contribution in [0.1, 0.15) is 22.8 Å². The van der Waals surface area contributed by atoms with Gasteiger partial charge in [-0.05, 0) is 61.0 Å². The zero-order valence-corrected chi connectivity index (χ0v) is 22.6. The van der Waals surface area contributed by atoms with Gasteiger partial charge in [-0.1, -0.05) is 25.1 Å². The number of hydrogen-bond acceptors (Lipinski definition) is 7. The van der Waals surface area contributed by atoms with Crippen molar-refractivity contribution in [2.45, 2.75) is 19.5 Å². The molecule has 1 saturated heterocycles. The van der Waals surface area contributed by atoms with E-state index in [4.69, 9.17) is 0 Å². The largest absolute Gasteiger partial charge is 0.347 e. The second-order valence-electron chi connectivity index (χ2n) is 9.75. The number of rotatable bonds is 7. The molecule has 2 aliphatic rings. The van der Waals surface area contributed by atoms with Crippen LogP contribution < -0.4 is 10.6 Å². The van der Waals surface area contributed by atoms with Crippen LogP contribution in [0.5, 0.6) is 0 Å². The molecule has 2 N–H and O–H groups in total. The van der Waals surface area contributed by atoms with Crippen molar-refractivity contribution in [3.63, 3.8) is 0 Å². The SMILES string of the molecule is CC1C=CC(NC(=O)c2ccc(CN3CCN(C)CC3)cc2)=CC1Nc1nccc(-c2cccnc2)n1.Cl. The molecule has 1 aliphatic carbocycles. The Bertz CT molecular complexity index is 1270. The summed E-state index contributed by atoms with van der Waals surface area (Å²) in [7, 11) is 2.16. The number of aromatic nitrogens is 3. The van der Waals surface area contributed by atoms with Crippen LogP contribution in [-0.4, -0.2) is 69.9 Å². The maximum Gasteiger partial charge on any atom is 0.255 e. The second-order valence-corrected chi connectivity index (χ2v) is 9.75. The summed E-state index contributed by atoms with van der Waals surface area (Å²) in [5, 5.41) is 6.45. The predicted molar refractivity (Wildman–Crippen MR) is 153 cm³/mol. The summed E-state index contributed by atoms with van der Waals surface area (Å²) in [6.07, 6.45) is 11.3. The second kappa shape index (κ2) is 12.8. The molecule has 0 bridgehead atoms. The molecule has 3 heterocycles. The number of likely N-dealkylation sites (N-methyl/N-ethyl adjacent to an activating group) is 1. The first-order valence-electron chi connectivity index (χ1n) is 12.7. The van der Waals surface area contributed by atoms with Crippen molar-refractivity contribution in [3.8, 4) is 11.3 Å². The highest BCUT2D eigenvalue weighted by atomic mass is 35.5. The predicted octanol–water partition coefficient (Wildman–Crippen LogP) is 4.01. The fourth-order valence-electron chi connectivity index (χ4n) is 4.51. The quantitative estimate of drug-likeness (QED) is 0.476. The molecule has 1 aromatic carbocycles. The number of hydrogen-bond donors (Lipinski definition) is 2. The van der Waals surface area contributed by atoms with Crippen LogP contribution in [0, 0.1) is 5.92 Å². The third kappa shape index (κ3) is 7.04. The summed E-state index contributed by atoms with van der Waals surface area (Å²) < 4.78 is 0. The van der Waals surface area contributed by atoms with Gasteiger partial charge < -0.3 is 15.5 Å². The van der Waals surface area contributed by atoms with E-state index in [-0.39, 0.29) is 30.3 Å². The van der Waals surface area contributed by atoms with E-state index in [2.05, 4.69) is 67.6 Å². The molecule has 1 fully saturated rings. The Morgan fingerprint density at radius 2 is 1.84 bits per heavy atom. The van der Waals surface area contributed by atoms with Gasteiger partial charge in [-0.25, -0.2) is 9.97 Å². The molecule has 198 valence electrons.